The number of thioether (sulfide) groups is 1. The molecule has 6 heteroatoms. The van der Waals surface area contributed by atoms with E-state index in [9.17, 15) is 4.79 Å². The maximum absolute atomic E-state index is 12.5. The molecule has 1 fully saturated rings. The number of thiophene rings is 1. The first-order valence-electron chi connectivity index (χ1n) is 7.62. The Morgan fingerprint density at radius 3 is 3.00 bits per heavy atom. The molecule has 0 amide bonds. The fraction of sp³-hybridized carbons (Fsp3) is 0.294. The topological polar surface area (TPSA) is 55.0 Å². The average Bonchev–Trinajstić information content (AvgIpc) is 3.23. The Bertz CT molecular complexity index is 867. The van der Waals surface area contributed by atoms with Crippen molar-refractivity contribution in [2.24, 2.45) is 0 Å². The molecule has 0 radical (unpaired) electrons. The molecule has 118 valence electrons. The second-order valence-electron chi connectivity index (χ2n) is 5.51. The second kappa shape index (κ2) is 6.47. The van der Waals surface area contributed by atoms with Crippen LogP contribution in [0.3, 0.4) is 0 Å². The summed E-state index contributed by atoms with van der Waals surface area (Å²) in [6, 6.07) is 9.96. The Balaban J connectivity index is 1.65. The number of benzene rings is 1. The molecule has 4 rings (SSSR count). The summed E-state index contributed by atoms with van der Waals surface area (Å²) >= 11 is 3.09. The number of aromatic nitrogens is 2. The molecule has 0 spiro atoms. The Hall–Kier alpha value is -1.63. The van der Waals surface area contributed by atoms with Gasteiger partial charge in [-0.1, -0.05) is 42.1 Å². The van der Waals surface area contributed by atoms with E-state index in [-0.39, 0.29) is 11.7 Å². The van der Waals surface area contributed by atoms with Crippen molar-refractivity contribution in [1.82, 2.24) is 9.97 Å². The number of H-pyrrole nitrogens is 1. The molecular formula is C17H16N2O2S2. The standard InChI is InChI=1S/C17H16N2O2S2/c20-15-14-13(11-5-2-1-3-6-11)10-22-16(14)19-17(18-15)23-9-12-7-4-8-21-12/h1-3,5-6,10,12H,4,7-9H2,(H,18,19,20)/t12-/m1/s1. The van der Waals surface area contributed by atoms with Crippen molar-refractivity contribution in [2.75, 3.05) is 12.4 Å². The third kappa shape index (κ3) is 3.06. The van der Waals surface area contributed by atoms with Crippen LogP contribution in [-0.4, -0.2) is 28.4 Å². The van der Waals surface area contributed by atoms with Gasteiger partial charge < -0.3 is 9.72 Å². The Labute approximate surface area is 141 Å². The summed E-state index contributed by atoms with van der Waals surface area (Å²) in [6.07, 6.45) is 2.50. The Morgan fingerprint density at radius 2 is 2.22 bits per heavy atom. The molecule has 0 aliphatic carbocycles. The lowest BCUT2D eigenvalue weighted by atomic mass is 10.1. The van der Waals surface area contributed by atoms with Gasteiger partial charge in [0.25, 0.3) is 5.56 Å². The molecule has 3 aromatic rings. The number of hydrogen-bond donors (Lipinski definition) is 1. The molecule has 1 N–H and O–H groups in total. The molecule has 1 aliphatic rings. The lowest BCUT2D eigenvalue weighted by Crippen LogP contribution is -2.12. The lowest BCUT2D eigenvalue weighted by molar-refractivity contribution is 0.129. The van der Waals surface area contributed by atoms with Gasteiger partial charge in [-0.3, -0.25) is 4.79 Å². The molecule has 1 aliphatic heterocycles. The minimum absolute atomic E-state index is 0.0649. The zero-order valence-electron chi connectivity index (χ0n) is 12.5. The zero-order valence-corrected chi connectivity index (χ0v) is 14.1. The summed E-state index contributed by atoms with van der Waals surface area (Å²) in [4.78, 5) is 20.8. The van der Waals surface area contributed by atoms with E-state index in [1.165, 1.54) is 11.3 Å². The third-order valence-corrected chi connectivity index (χ3v) is 5.81. The molecule has 23 heavy (non-hydrogen) atoms. The molecule has 1 aromatic carbocycles. The van der Waals surface area contributed by atoms with Gasteiger partial charge in [-0.15, -0.1) is 11.3 Å². The lowest BCUT2D eigenvalue weighted by Gasteiger charge is -2.07. The highest BCUT2D eigenvalue weighted by molar-refractivity contribution is 7.99. The molecule has 4 nitrogen and oxygen atoms in total. The van der Waals surface area contributed by atoms with Crippen molar-refractivity contribution in [3.05, 3.63) is 46.1 Å². The number of nitrogens with one attached hydrogen (secondary N) is 1. The van der Waals surface area contributed by atoms with E-state index in [1.54, 1.807) is 11.8 Å². The quantitative estimate of drug-likeness (QED) is 0.576. The molecular weight excluding hydrogens is 328 g/mol. The maximum Gasteiger partial charge on any atom is 0.260 e. The number of aromatic amines is 1. The van der Waals surface area contributed by atoms with Crippen molar-refractivity contribution in [2.45, 2.75) is 24.1 Å². The van der Waals surface area contributed by atoms with E-state index in [0.29, 0.717) is 10.5 Å². The van der Waals surface area contributed by atoms with Crippen LogP contribution in [0.5, 0.6) is 0 Å². The van der Waals surface area contributed by atoms with Crippen LogP contribution in [-0.2, 0) is 4.74 Å². The maximum atomic E-state index is 12.5. The van der Waals surface area contributed by atoms with Crippen molar-refractivity contribution in [3.63, 3.8) is 0 Å². The van der Waals surface area contributed by atoms with Gasteiger partial charge in [-0.25, -0.2) is 4.98 Å². The molecule has 2 aromatic heterocycles. The average molecular weight is 344 g/mol. The van der Waals surface area contributed by atoms with Crippen molar-refractivity contribution in [1.29, 1.82) is 0 Å². The predicted molar refractivity (Wildman–Crippen MR) is 95.4 cm³/mol. The van der Waals surface area contributed by atoms with Crippen LogP contribution in [0.2, 0.25) is 0 Å². The van der Waals surface area contributed by atoms with Crippen LogP contribution in [0, 0.1) is 0 Å². The molecule has 0 bridgehead atoms. The first kappa shape index (κ1) is 14.9. The summed E-state index contributed by atoms with van der Waals surface area (Å²) in [7, 11) is 0. The van der Waals surface area contributed by atoms with Crippen LogP contribution in [0.1, 0.15) is 12.8 Å². The summed E-state index contributed by atoms with van der Waals surface area (Å²) in [5.41, 5.74) is 1.94. The first-order chi connectivity index (χ1) is 11.3. The molecule has 0 saturated carbocycles. The van der Waals surface area contributed by atoms with Crippen LogP contribution in [0.4, 0.5) is 0 Å². The summed E-state index contributed by atoms with van der Waals surface area (Å²) in [6.45, 7) is 0.847. The normalized spacial score (nSPS) is 17.8. The summed E-state index contributed by atoms with van der Waals surface area (Å²) in [5.74, 6) is 0.839. The van der Waals surface area contributed by atoms with Gasteiger partial charge in [0.1, 0.15) is 4.83 Å². The SMILES string of the molecule is O=c1[nH]c(SC[C@H]2CCCO2)nc2scc(-c3ccccc3)c12. The third-order valence-electron chi connectivity index (χ3n) is 3.94. The van der Waals surface area contributed by atoms with E-state index >= 15 is 0 Å². The minimum atomic E-state index is -0.0649. The van der Waals surface area contributed by atoms with Gasteiger partial charge in [0.05, 0.1) is 11.5 Å². The van der Waals surface area contributed by atoms with E-state index in [1.807, 2.05) is 35.7 Å². The molecule has 0 unspecified atom stereocenters. The Morgan fingerprint density at radius 1 is 1.35 bits per heavy atom. The van der Waals surface area contributed by atoms with E-state index in [4.69, 9.17) is 4.74 Å². The number of rotatable bonds is 4. The zero-order chi connectivity index (χ0) is 15.6. The second-order valence-corrected chi connectivity index (χ2v) is 7.38. The number of hydrogen-bond acceptors (Lipinski definition) is 5. The number of ether oxygens (including phenoxy) is 1. The highest BCUT2D eigenvalue weighted by atomic mass is 32.2. The first-order valence-corrected chi connectivity index (χ1v) is 9.49. The summed E-state index contributed by atoms with van der Waals surface area (Å²) < 4.78 is 5.62. The Kier molecular flexibility index (Phi) is 4.20. The van der Waals surface area contributed by atoms with Crippen LogP contribution < -0.4 is 5.56 Å². The molecule has 1 atom stereocenters. The number of nitrogens with zero attached hydrogens (tertiary/aromatic N) is 1. The fourth-order valence-electron chi connectivity index (χ4n) is 2.78. The van der Waals surface area contributed by atoms with Crippen molar-refractivity contribution < 1.29 is 4.74 Å². The smallest absolute Gasteiger partial charge is 0.260 e. The van der Waals surface area contributed by atoms with Crippen LogP contribution in [0.25, 0.3) is 21.3 Å². The predicted octanol–water partition coefficient (Wildman–Crippen LogP) is 3.92. The largest absolute Gasteiger partial charge is 0.377 e. The molecule has 3 heterocycles. The van der Waals surface area contributed by atoms with Gasteiger partial charge in [0, 0.05) is 23.3 Å². The van der Waals surface area contributed by atoms with Gasteiger partial charge in [0.2, 0.25) is 0 Å². The number of fused-ring (bicyclic) bond motifs is 1. The van der Waals surface area contributed by atoms with Crippen LogP contribution in [0.15, 0.2) is 45.7 Å². The van der Waals surface area contributed by atoms with E-state index < -0.39 is 0 Å². The van der Waals surface area contributed by atoms with Gasteiger partial charge in [0.15, 0.2) is 5.16 Å². The van der Waals surface area contributed by atoms with Crippen LogP contribution >= 0.6 is 23.1 Å². The van der Waals surface area contributed by atoms with Gasteiger partial charge in [-0.2, -0.15) is 0 Å². The molecule has 1 saturated heterocycles. The summed E-state index contributed by atoms with van der Waals surface area (Å²) in [5, 5.41) is 3.37. The fourth-order valence-corrected chi connectivity index (χ4v) is 4.71. The van der Waals surface area contributed by atoms with E-state index in [0.717, 1.165) is 41.2 Å². The van der Waals surface area contributed by atoms with Crippen molar-refractivity contribution >= 4 is 33.3 Å². The minimum Gasteiger partial charge on any atom is -0.377 e. The van der Waals surface area contributed by atoms with Gasteiger partial charge >= 0.3 is 0 Å². The monoisotopic (exact) mass is 344 g/mol. The van der Waals surface area contributed by atoms with E-state index in [2.05, 4.69) is 9.97 Å². The van der Waals surface area contributed by atoms with Gasteiger partial charge in [-0.05, 0) is 18.4 Å². The highest BCUT2D eigenvalue weighted by Gasteiger charge is 2.17. The highest BCUT2D eigenvalue weighted by Crippen LogP contribution is 2.31. The van der Waals surface area contributed by atoms with Crippen molar-refractivity contribution in [3.8, 4) is 11.1 Å².